The van der Waals surface area contributed by atoms with Gasteiger partial charge in [-0.1, -0.05) is 5.92 Å². The highest BCUT2D eigenvalue weighted by Gasteiger charge is 1.92. The van der Waals surface area contributed by atoms with E-state index in [-0.39, 0.29) is 0 Å². The van der Waals surface area contributed by atoms with Gasteiger partial charge in [-0.3, -0.25) is 4.98 Å². The molecule has 1 aromatic heterocycles. The van der Waals surface area contributed by atoms with E-state index < -0.39 is 5.97 Å². The fourth-order valence-corrected chi connectivity index (χ4v) is 0.811. The van der Waals surface area contributed by atoms with Crippen LogP contribution in [0.1, 0.15) is 11.3 Å². The molecule has 0 spiro atoms. The summed E-state index contributed by atoms with van der Waals surface area (Å²) in [7, 11) is 1.32. The highest BCUT2D eigenvalue weighted by Crippen LogP contribution is 2.00. The van der Waals surface area contributed by atoms with Crippen LogP contribution >= 0.6 is 0 Å². The molecule has 0 radical (unpaired) electrons. The van der Waals surface area contributed by atoms with Crippen molar-refractivity contribution in [1.29, 1.82) is 0 Å². The molecule has 0 saturated carbocycles. The summed E-state index contributed by atoms with van der Waals surface area (Å²) in [4.78, 5) is 14.8. The number of terminal acetylenes is 1. The maximum atomic E-state index is 10.7. The molecule has 0 fully saturated rings. The fourth-order valence-electron chi connectivity index (χ4n) is 0.811. The van der Waals surface area contributed by atoms with Gasteiger partial charge in [0.2, 0.25) is 0 Å². The van der Waals surface area contributed by atoms with Crippen molar-refractivity contribution < 1.29 is 9.53 Å². The number of nitrogens with zero attached hydrogens (tertiary/aromatic N) is 1. The SMILES string of the molecule is C#Cc1ccc(/C=C/C(=O)OC)nc1. The number of rotatable bonds is 2. The normalized spacial score (nSPS) is 9.71. The molecule has 0 N–H and O–H groups in total. The van der Waals surface area contributed by atoms with Crippen molar-refractivity contribution in [3.8, 4) is 12.3 Å². The number of methoxy groups -OCH3 is 1. The first kappa shape index (κ1) is 10.0. The van der Waals surface area contributed by atoms with E-state index in [1.54, 1.807) is 24.4 Å². The molecule has 70 valence electrons. The van der Waals surface area contributed by atoms with E-state index in [9.17, 15) is 4.79 Å². The molecule has 0 aliphatic rings. The smallest absolute Gasteiger partial charge is 0.330 e. The molecular weight excluding hydrogens is 178 g/mol. The van der Waals surface area contributed by atoms with E-state index >= 15 is 0 Å². The number of esters is 1. The number of carbonyl (C=O) groups excluding carboxylic acids is 1. The van der Waals surface area contributed by atoms with Gasteiger partial charge in [0.15, 0.2) is 0 Å². The summed E-state index contributed by atoms with van der Waals surface area (Å²) in [6.45, 7) is 0. The van der Waals surface area contributed by atoms with Crippen LogP contribution in [0.15, 0.2) is 24.4 Å². The number of aromatic nitrogens is 1. The van der Waals surface area contributed by atoms with Crippen LogP contribution < -0.4 is 0 Å². The van der Waals surface area contributed by atoms with Gasteiger partial charge in [0.25, 0.3) is 0 Å². The molecule has 0 aliphatic carbocycles. The van der Waals surface area contributed by atoms with Crippen LogP contribution in [-0.2, 0) is 9.53 Å². The Labute approximate surface area is 82.4 Å². The van der Waals surface area contributed by atoms with Gasteiger partial charge in [-0.15, -0.1) is 6.42 Å². The van der Waals surface area contributed by atoms with Gasteiger partial charge in [-0.05, 0) is 18.2 Å². The maximum absolute atomic E-state index is 10.7. The van der Waals surface area contributed by atoms with Crippen molar-refractivity contribution in [2.75, 3.05) is 7.11 Å². The molecule has 0 amide bonds. The van der Waals surface area contributed by atoms with Crippen molar-refractivity contribution in [2.24, 2.45) is 0 Å². The Bertz CT molecular complexity index is 385. The average Bonchev–Trinajstić information content (AvgIpc) is 2.26. The minimum absolute atomic E-state index is 0.409. The van der Waals surface area contributed by atoms with Gasteiger partial charge in [0.1, 0.15) is 0 Å². The van der Waals surface area contributed by atoms with Crippen molar-refractivity contribution in [3.63, 3.8) is 0 Å². The number of hydrogen-bond acceptors (Lipinski definition) is 3. The van der Waals surface area contributed by atoms with Crippen LogP contribution in [0.4, 0.5) is 0 Å². The number of pyridine rings is 1. The summed E-state index contributed by atoms with van der Waals surface area (Å²) in [6, 6.07) is 3.48. The van der Waals surface area contributed by atoms with Gasteiger partial charge < -0.3 is 4.74 Å². The highest BCUT2D eigenvalue weighted by molar-refractivity contribution is 5.86. The second-order valence-electron chi connectivity index (χ2n) is 2.47. The summed E-state index contributed by atoms with van der Waals surface area (Å²) in [5, 5.41) is 0. The zero-order chi connectivity index (χ0) is 10.4. The van der Waals surface area contributed by atoms with E-state index in [2.05, 4.69) is 15.6 Å². The third-order valence-corrected chi connectivity index (χ3v) is 1.54. The monoisotopic (exact) mass is 187 g/mol. The van der Waals surface area contributed by atoms with Gasteiger partial charge in [-0.2, -0.15) is 0 Å². The fraction of sp³-hybridized carbons (Fsp3) is 0.0909. The van der Waals surface area contributed by atoms with Crippen LogP contribution in [0.2, 0.25) is 0 Å². The second kappa shape index (κ2) is 4.83. The number of ether oxygens (including phenoxy) is 1. The average molecular weight is 187 g/mol. The number of hydrogen-bond donors (Lipinski definition) is 0. The second-order valence-corrected chi connectivity index (χ2v) is 2.47. The molecule has 0 aromatic carbocycles. The summed E-state index contributed by atoms with van der Waals surface area (Å²) in [5.74, 6) is 2.04. The molecular formula is C11H9NO2. The third-order valence-electron chi connectivity index (χ3n) is 1.54. The predicted octanol–water partition coefficient (Wildman–Crippen LogP) is 1.25. The van der Waals surface area contributed by atoms with Crippen molar-refractivity contribution >= 4 is 12.0 Å². The van der Waals surface area contributed by atoms with E-state index in [4.69, 9.17) is 6.42 Å². The van der Waals surface area contributed by atoms with Gasteiger partial charge in [0, 0.05) is 17.8 Å². The van der Waals surface area contributed by atoms with Crippen LogP contribution in [0.3, 0.4) is 0 Å². The molecule has 0 atom stereocenters. The lowest BCUT2D eigenvalue weighted by atomic mass is 10.2. The first-order valence-electron chi connectivity index (χ1n) is 3.95. The van der Waals surface area contributed by atoms with Gasteiger partial charge in [0.05, 0.1) is 12.8 Å². The Hall–Kier alpha value is -2.08. The largest absolute Gasteiger partial charge is 0.466 e. The quantitative estimate of drug-likeness (QED) is 0.397. The molecule has 1 heterocycles. The van der Waals surface area contributed by atoms with Crippen LogP contribution in [0.5, 0.6) is 0 Å². The molecule has 1 rings (SSSR count). The molecule has 0 bridgehead atoms. The van der Waals surface area contributed by atoms with Gasteiger partial charge in [-0.25, -0.2) is 4.79 Å². The Morgan fingerprint density at radius 3 is 2.93 bits per heavy atom. The summed E-state index contributed by atoms with van der Waals surface area (Å²) >= 11 is 0. The zero-order valence-corrected chi connectivity index (χ0v) is 7.73. The lowest BCUT2D eigenvalue weighted by Crippen LogP contribution is -1.93. The Morgan fingerprint density at radius 1 is 1.64 bits per heavy atom. The van der Waals surface area contributed by atoms with Crippen LogP contribution in [-0.4, -0.2) is 18.1 Å². The van der Waals surface area contributed by atoms with E-state index in [1.165, 1.54) is 13.2 Å². The topological polar surface area (TPSA) is 39.2 Å². The molecule has 0 saturated heterocycles. The van der Waals surface area contributed by atoms with Gasteiger partial charge >= 0.3 is 5.97 Å². The van der Waals surface area contributed by atoms with Crippen molar-refractivity contribution in [3.05, 3.63) is 35.7 Å². The summed E-state index contributed by atoms with van der Waals surface area (Å²) in [5.41, 5.74) is 1.37. The van der Waals surface area contributed by atoms with Crippen molar-refractivity contribution in [2.45, 2.75) is 0 Å². The highest BCUT2D eigenvalue weighted by atomic mass is 16.5. The van der Waals surface area contributed by atoms with Crippen molar-refractivity contribution in [1.82, 2.24) is 4.98 Å². The van der Waals surface area contributed by atoms with Crippen LogP contribution in [0, 0.1) is 12.3 Å². The minimum atomic E-state index is -0.409. The van der Waals surface area contributed by atoms with E-state index in [0.717, 1.165) is 0 Å². The Balaban J connectivity index is 2.74. The molecule has 14 heavy (non-hydrogen) atoms. The standard InChI is InChI=1S/C11H9NO2/c1-3-9-4-5-10(12-8-9)6-7-11(13)14-2/h1,4-8H,2H3/b7-6+. The van der Waals surface area contributed by atoms with Crippen LogP contribution in [0.25, 0.3) is 6.08 Å². The summed E-state index contributed by atoms with van der Waals surface area (Å²) in [6.07, 6.45) is 9.59. The minimum Gasteiger partial charge on any atom is -0.466 e. The van der Waals surface area contributed by atoms with E-state index in [1.807, 2.05) is 0 Å². The Morgan fingerprint density at radius 2 is 2.43 bits per heavy atom. The lowest BCUT2D eigenvalue weighted by Gasteiger charge is -1.93. The maximum Gasteiger partial charge on any atom is 0.330 e. The number of carbonyl (C=O) groups is 1. The first-order chi connectivity index (χ1) is 6.76. The molecule has 1 aromatic rings. The predicted molar refractivity (Wildman–Crippen MR) is 53.2 cm³/mol. The Kier molecular flexibility index (Phi) is 3.45. The summed E-state index contributed by atoms with van der Waals surface area (Å²) < 4.78 is 4.43. The first-order valence-corrected chi connectivity index (χ1v) is 3.95. The zero-order valence-electron chi connectivity index (χ0n) is 7.73. The molecule has 3 nitrogen and oxygen atoms in total. The molecule has 0 unspecified atom stereocenters. The van der Waals surface area contributed by atoms with E-state index in [0.29, 0.717) is 11.3 Å². The lowest BCUT2D eigenvalue weighted by molar-refractivity contribution is -0.134. The molecule has 3 heteroatoms. The molecule has 0 aliphatic heterocycles. The third kappa shape index (κ3) is 2.76.